The third-order valence-electron chi connectivity index (χ3n) is 5.76. The Balaban J connectivity index is 1.86. The van der Waals surface area contributed by atoms with Gasteiger partial charge in [-0.3, -0.25) is 9.59 Å². The standard InChI is InChI=1S/C27H22N6O3/c1-4-8-15(5-2)30-27-23(14(3)18(13-28)26(29)31-27)33-32-19-11-6-9-16-21(19)24(35)17-10-7-12-20(34)22(17)25(16)36/h4-12,34H,1-3H3,(H3,29,30,31)/b8-4-,15-5+,33-32+. The number of allylic oxidation sites excluding steroid dienone is 3. The fourth-order valence-electron chi connectivity index (χ4n) is 3.99. The number of pyridine rings is 1. The first kappa shape index (κ1) is 24.0. The third-order valence-corrected chi connectivity index (χ3v) is 5.76. The topological polar surface area (TPSA) is 154 Å². The maximum Gasteiger partial charge on any atom is 0.198 e. The van der Waals surface area contributed by atoms with E-state index >= 15 is 0 Å². The molecule has 1 aliphatic carbocycles. The number of carbonyl (C=O) groups excluding carboxylic acids is 2. The zero-order valence-corrected chi connectivity index (χ0v) is 19.8. The lowest BCUT2D eigenvalue weighted by Gasteiger charge is -2.19. The minimum atomic E-state index is -0.474. The van der Waals surface area contributed by atoms with Crippen LogP contribution in [0.1, 0.15) is 56.8 Å². The molecular weight excluding hydrogens is 456 g/mol. The van der Waals surface area contributed by atoms with Gasteiger partial charge in [-0.1, -0.05) is 36.4 Å². The van der Waals surface area contributed by atoms with Crippen LogP contribution in [0.2, 0.25) is 0 Å². The van der Waals surface area contributed by atoms with Crippen molar-refractivity contribution in [1.82, 2.24) is 4.98 Å². The number of carbonyl (C=O) groups is 2. The van der Waals surface area contributed by atoms with E-state index in [4.69, 9.17) is 5.73 Å². The lowest BCUT2D eigenvalue weighted by Crippen LogP contribution is -2.21. The molecule has 0 saturated carbocycles. The summed E-state index contributed by atoms with van der Waals surface area (Å²) in [6.07, 6.45) is 5.51. The Morgan fingerprint density at radius 1 is 1.08 bits per heavy atom. The minimum Gasteiger partial charge on any atom is -0.507 e. The van der Waals surface area contributed by atoms with Gasteiger partial charge in [0.1, 0.15) is 23.3 Å². The third kappa shape index (κ3) is 4.01. The highest BCUT2D eigenvalue weighted by molar-refractivity contribution is 6.30. The summed E-state index contributed by atoms with van der Waals surface area (Å²) in [5.41, 5.74) is 8.03. The number of aromatic nitrogens is 1. The van der Waals surface area contributed by atoms with Gasteiger partial charge in [0.25, 0.3) is 0 Å². The first-order valence-corrected chi connectivity index (χ1v) is 11.0. The second-order valence-corrected chi connectivity index (χ2v) is 7.93. The highest BCUT2D eigenvalue weighted by Gasteiger charge is 2.33. The number of rotatable bonds is 5. The number of fused-ring (bicyclic) bond motifs is 2. The second-order valence-electron chi connectivity index (χ2n) is 7.93. The van der Waals surface area contributed by atoms with Crippen molar-refractivity contribution in [3.63, 3.8) is 0 Å². The van der Waals surface area contributed by atoms with Gasteiger partial charge in [-0.2, -0.15) is 5.26 Å². The maximum absolute atomic E-state index is 13.3. The van der Waals surface area contributed by atoms with Gasteiger partial charge < -0.3 is 16.2 Å². The lowest BCUT2D eigenvalue weighted by atomic mass is 9.83. The Bertz CT molecular complexity index is 1560. The largest absolute Gasteiger partial charge is 0.507 e. The summed E-state index contributed by atoms with van der Waals surface area (Å²) in [6.45, 7) is 5.39. The van der Waals surface area contributed by atoms with E-state index in [1.165, 1.54) is 24.3 Å². The number of nitrogen functional groups attached to an aromatic ring is 1. The molecular formula is C27H22N6O3. The molecule has 9 nitrogen and oxygen atoms in total. The Morgan fingerprint density at radius 3 is 2.42 bits per heavy atom. The Kier molecular flexibility index (Phi) is 6.44. The first-order chi connectivity index (χ1) is 17.3. The number of phenolic OH excluding ortho intramolecular Hbond substituents is 1. The van der Waals surface area contributed by atoms with Gasteiger partial charge in [-0.15, -0.1) is 10.2 Å². The molecule has 1 heterocycles. The average molecular weight is 479 g/mol. The van der Waals surface area contributed by atoms with Gasteiger partial charge >= 0.3 is 0 Å². The lowest BCUT2D eigenvalue weighted by molar-refractivity contribution is 0.0977. The number of nitrogens with one attached hydrogen (secondary N) is 1. The molecule has 0 amide bonds. The molecule has 0 fully saturated rings. The molecule has 9 heteroatoms. The Morgan fingerprint density at radius 2 is 1.75 bits per heavy atom. The van der Waals surface area contributed by atoms with Crippen molar-refractivity contribution >= 4 is 34.6 Å². The van der Waals surface area contributed by atoms with Gasteiger partial charge in [-0.25, -0.2) is 4.98 Å². The summed E-state index contributed by atoms with van der Waals surface area (Å²) >= 11 is 0. The molecule has 2 aromatic carbocycles. The Hall–Kier alpha value is -5.10. The number of phenols is 1. The smallest absolute Gasteiger partial charge is 0.198 e. The molecule has 3 aromatic rings. The van der Waals surface area contributed by atoms with Crippen LogP contribution in [0.4, 0.5) is 23.0 Å². The van der Waals surface area contributed by atoms with Gasteiger partial charge in [0.15, 0.2) is 17.4 Å². The minimum absolute atomic E-state index is 0.0318. The van der Waals surface area contributed by atoms with Gasteiger partial charge in [-0.05, 0) is 39.0 Å². The van der Waals surface area contributed by atoms with Crippen molar-refractivity contribution < 1.29 is 14.7 Å². The number of nitriles is 1. The SMILES string of the molecule is C/C=C\C(=C/C)Nc1nc(N)c(C#N)c(C)c1/N=N/c1cccc2c1C(=O)c1cccc(O)c1C2=O. The summed E-state index contributed by atoms with van der Waals surface area (Å²) in [5, 5.41) is 31.5. The number of nitrogens with two attached hydrogens (primary N) is 1. The van der Waals surface area contributed by atoms with Crippen LogP contribution in [-0.2, 0) is 0 Å². The summed E-state index contributed by atoms with van der Waals surface area (Å²) in [6, 6.07) is 11.0. The molecule has 4 rings (SSSR count). The van der Waals surface area contributed by atoms with Crippen LogP contribution in [0.5, 0.6) is 5.75 Å². The molecule has 0 saturated heterocycles. The molecule has 4 N–H and O–H groups in total. The summed E-state index contributed by atoms with van der Waals surface area (Å²) in [4.78, 5) is 30.7. The van der Waals surface area contributed by atoms with Crippen molar-refractivity contribution in [3.8, 4) is 11.8 Å². The number of azo groups is 1. The van der Waals surface area contributed by atoms with Crippen LogP contribution in [-0.4, -0.2) is 21.7 Å². The molecule has 36 heavy (non-hydrogen) atoms. The van der Waals surface area contributed by atoms with Crippen molar-refractivity contribution in [3.05, 3.63) is 93.7 Å². The van der Waals surface area contributed by atoms with E-state index in [1.54, 1.807) is 19.1 Å². The van der Waals surface area contributed by atoms with Crippen LogP contribution >= 0.6 is 0 Å². The van der Waals surface area contributed by atoms with Crippen molar-refractivity contribution in [2.75, 3.05) is 11.1 Å². The number of hydrogen-bond donors (Lipinski definition) is 3. The number of aromatic hydroxyl groups is 1. The maximum atomic E-state index is 13.3. The quantitative estimate of drug-likeness (QED) is 0.248. The van der Waals surface area contributed by atoms with E-state index in [2.05, 4.69) is 20.5 Å². The second kappa shape index (κ2) is 9.64. The van der Waals surface area contributed by atoms with Crippen molar-refractivity contribution in [1.29, 1.82) is 5.26 Å². The number of hydrogen-bond acceptors (Lipinski definition) is 9. The first-order valence-electron chi connectivity index (χ1n) is 11.0. The van der Waals surface area contributed by atoms with E-state index in [1.807, 2.05) is 38.1 Å². The van der Waals surface area contributed by atoms with E-state index in [-0.39, 0.29) is 56.6 Å². The predicted octanol–water partition coefficient (Wildman–Crippen LogP) is 5.63. The van der Waals surface area contributed by atoms with E-state index in [0.29, 0.717) is 5.56 Å². The number of benzene rings is 2. The molecule has 1 aliphatic rings. The van der Waals surface area contributed by atoms with E-state index in [9.17, 15) is 20.0 Å². The monoisotopic (exact) mass is 478 g/mol. The molecule has 0 spiro atoms. The summed E-state index contributed by atoms with van der Waals surface area (Å²) in [5.74, 6) is -0.855. The van der Waals surface area contributed by atoms with Gasteiger partial charge in [0.2, 0.25) is 0 Å². The van der Waals surface area contributed by atoms with Crippen LogP contribution in [0, 0.1) is 18.3 Å². The van der Waals surface area contributed by atoms with Crippen LogP contribution < -0.4 is 11.1 Å². The zero-order valence-electron chi connectivity index (χ0n) is 19.8. The highest BCUT2D eigenvalue weighted by Crippen LogP contribution is 2.39. The summed E-state index contributed by atoms with van der Waals surface area (Å²) in [7, 11) is 0. The zero-order chi connectivity index (χ0) is 26.0. The normalized spacial score (nSPS) is 13.1. The molecule has 0 atom stereocenters. The van der Waals surface area contributed by atoms with Crippen molar-refractivity contribution in [2.45, 2.75) is 20.8 Å². The average Bonchev–Trinajstić information content (AvgIpc) is 2.86. The van der Waals surface area contributed by atoms with E-state index in [0.717, 1.165) is 5.70 Å². The van der Waals surface area contributed by atoms with Crippen LogP contribution in [0.25, 0.3) is 0 Å². The van der Waals surface area contributed by atoms with Gasteiger partial charge in [0.05, 0.1) is 22.4 Å². The number of nitrogens with zero attached hydrogens (tertiary/aromatic N) is 4. The van der Waals surface area contributed by atoms with Gasteiger partial charge in [0, 0.05) is 22.4 Å². The molecule has 0 bridgehead atoms. The van der Waals surface area contributed by atoms with Crippen molar-refractivity contribution in [2.24, 2.45) is 10.2 Å². The fraction of sp³-hybridized carbons (Fsp3) is 0.111. The molecule has 0 unspecified atom stereocenters. The molecule has 178 valence electrons. The highest BCUT2D eigenvalue weighted by atomic mass is 16.3. The van der Waals surface area contributed by atoms with Crippen LogP contribution in [0.15, 0.2) is 70.6 Å². The molecule has 1 aromatic heterocycles. The fourth-order valence-corrected chi connectivity index (χ4v) is 3.99. The molecule has 0 radical (unpaired) electrons. The van der Waals surface area contributed by atoms with E-state index < -0.39 is 11.6 Å². The predicted molar refractivity (Wildman–Crippen MR) is 136 cm³/mol. The number of ketones is 2. The Labute approximate surface area is 207 Å². The molecule has 0 aliphatic heterocycles. The van der Waals surface area contributed by atoms with Crippen LogP contribution in [0.3, 0.4) is 0 Å². The number of anilines is 2. The summed E-state index contributed by atoms with van der Waals surface area (Å²) < 4.78 is 0.